The highest BCUT2D eigenvalue weighted by atomic mass is 35.5. The van der Waals surface area contributed by atoms with Gasteiger partial charge < -0.3 is 10.4 Å². The van der Waals surface area contributed by atoms with E-state index in [0.717, 1.165) is 5.56 Å². The molecule has 1 atom stereocenters. The lowest BCUT2D eigenvalue weighted by Crippen LogP contribution is -2.45. The molecule has 2 aromatic carbocycles. The molecule has 0 heterocycles. The van der Waals surface area contributed by atoms with Gasteiger partial charge in [-0.05, 0) is 48.9 Å². The van der Waals surface area contributed by atoms with Gasteiger partial charge in [-0.2, -0.15) is 0 Å². The van der Waals surface area contributed by atoms with Crippen molar-refractivity contribution >= 4 is 23.3 Å². The van der Waals surface area contributed by atoms with E-state index in [4.69, 9.17) is 11.6 Å². The molecule has 0 spiro atoms. The van der Waals surface area contributed by atoms with Crippen LogP contribution in [-0.2, 0) is 11.2 Å². The van der Waals surface area contributed by atoms with Crippen LogP contribution < -0.4 is 5.32 Å². The highest BCUT2D eigenvalue weighted by Gasteiger charge is 2.33. The first-order chi connectivity index (χ1) is 9.89. The number of carbonyl (C=O) groups is 1. The van der Waals surface area contributed by atoms with Crippen LogP contribution in [0, 0.1) is 5.82 Å². The minimum atomic E-state index is -1.20. The molecule has 0 saturated carbocycles. The molecule has 110 valence electrons. The Morgan fingerprint density at radius 2 is 1.76 bits per heavy atom. The van der Waals surface area contributed by atoms with Crippen LogP contribution in [0.4, 0.5) is 10.1 Å². The quantitative estimate of drug-likeness (QED) is 0.878. The first kappa shape index (κ1) is 15.3. The van der Waals surface area contributed by atoms with E-state index in [2.05, 4.69) is 5.32 Å². The van der Waals surface area contributed by atoms with E-state index in [1.807, 2.05) is 0 Å². The van der Waals surface area contributed by atoms with Gasteiger partial charge in [-0.3, -0.25) is 0 Å². The molecule has 0 aliphatic heterocycles. The first-order valence-electron chi connectivity index (χ1n) is 6.41. The largest absolute Gasteiger partial charge is 0.480 e. The number of hydrogen-bond donors (Lipinski definition) is 2. The van der Waals surface area contributed by atoms with Crippen molar-refractivity contribution < 1.29 is 14.3 Å². The third kappa shape index (κ3) is 3.95. The Morgan fingerprint density at radius 1 is 1.19 bits per heavy atom. The minimum absolute atomic E-state index is 0.227. The van der Waals surface area contributed by atoms with Crippen molar-refractivity contribution in [3.05, 3.63) is 64.9 Å². The van der Waals surface area contributed by atoms with Crippen LogP contribution in [0.3, 0.4) is 0 Å². The Morgan fingerprint density at radius 3 is 2.29 bits per heavy atom. The van der Waals surface area contributed by atoms with Crippen molar-refractivity contribution in [1.29, 1.82) is 0 Å². The Balaban J connectivity index is 2.21. The Hall–Kier alpha value is -2.07. The molecule has 1 unspecified atom stereocenters. The molecule has 3 nitrogen and oxygen atoms in total. The summed E-state index contributed by atoms with van der Waals surface area (Å²) in [7, 11) is 0. The zero-order valence-corrected chi connectivity index (χ0v) is 12.2. The van der Waals surface area contributed by atoms with Gasteiger partial charge >= 0.3 is 5.97 Å². The molecule has 0 amide bonds. The fourth-order valence-corrected chi connectivity index (χ4v) is 2.16. The standard InChI is InChI=1S/C16H15ClFNO2/c1-16(15(20)21,10-11-2-6-13(18)7-3-11)19-14-8-4-12(17)5-9-14/h2-9,19H,10H2,1H3,(H,20,21). The number of benzene rings is 2. The van der Waals surface area contributed by atoms with Gasteiger partial charge in [0.25, 0.3) is 0 Å². The smallest absolute Gasteiger partial charge is 0.329 e. The zero-order valence-electron chi connectivity index (χ0n) is 11.4. The minimum Gasteiger partial charge on any atom is -0.480 e. The van der Waals surface area contributed by atoms with Crippen LogP contribution in [0.1, 0.15) is 12.5 Å². The molecule has 0 fully saturated rings. The summed E-state index contributed by atoms with van der Waals surface area (Å²) >= 11 is 5.81. The van der Waals surface area contributed by atoms with Crippen molar-refractivity contribution in [2.75, 3.05) is 5.32 Å². The number of carboxylic acids is 1. The third-order valence-electron chi connectivity index (χ3n) is 3.21. The maximum Gasteiger partial charge on any atom is 0.329 e. The third-order valence-corrected chi connectivity index (χ3v) is 3.46. The van der Waals surface area contributed by atoms with E-state index in [1.54, 1.807) is 43.3 Å². The van der Waals surface area contributed by atoms with Crippen molar-refractivity contribution in [3.8, 4) is 0 Å². The van der Waals surface area contributed by atoms with Crippen molar-refractivity contribution in [3.63, 3.8) is 0 Å². The molecule has 2 rings (SSSR count). The lowest BCUT2D eigenvalue weighted by atomic mass is 9.92. The van der Waals surface area contributed by atoms with E-state index in [9.17, 15) is 14.3 Å². The Bertz CT molecular complexity index is 578. The maximum atomic E-state index is 12.9. The second-order valence-corrected chi connectivity index (χ2v) is 5.51. The van der Waals surface area contributed by atoms with E-state index < -0.39 is 11.5 Å². The fraction of sp³-hybridized carbons (Fsp3) is 0.188. The SMILES string of the molecule is CC(Cc1ccc(F)cc1)(Nc1ccc(Cl)cc1)C(=O)O. The second kappa shape index (κ2) is 6.14. The van der Waals surface area contributed by atoms with Crippen molar-refractivity contribution in [2.45, 2.75) is 18.9 Å². The summed E-state index contributed by atoms with van der Waals surface area (Å²) in [6.45, 7) is 1.59. The van der Waals surface area contributed by atoms with Crippen LogP contribution in [0.15, 0.2) is 48.5 Å². The van der Waals surface area contributed by atoms with Crippen molar-refractivity contribution in [1.82, 2.24) is 0 Å². The summed E-state index contributed by atoms with van der Waals surface area (Å²) in [5, 5.41) is 13.1. The lowest BCUT2D eigenvalue weighted by molar-refractivity contribution is -0.141. The predicted octanol–water partition coefficient (Wildman–Crippen LogP) is 3.98. The monoisotopic (exact) mass is 307 g/mol. The number of anilines is 1. The normalized spacial score (nSPS) is 13.5. The molecule has 0 aromatic heterocycles. The van der Waals surface area contributed by atoms with Crippen LogP contribution in [0.5, 0.6) is 0 Å². The fourth-order valence-electron chi connectivity index (χ4n) is 2.04. The topological polar surface area (TPSA) is 49.3 Å². The molecule has 21 heavy (non-hydrogen) atoms. The molecule has 0 saturated heterocycles. The van der Waals surface area contributed by atoms with Gasteiger partial charge in [-0.1, -0.05) is 23.7 Å². The van der Waals surface area contributed by atoms with Crippen LogP contribution in [0.2, 0.25) is 5.02 Å². The van der Waals surface area contributed by atoms with Crippen LogP contribution in [-0.4, -0.2) is 16.6 Å². The average molecular weight is 308 g/mol. The zero-order chi connectivity index (χ0) is 15.5. The first-order valence-corrected chi connectivity index (χ1v) is 6.78. The van der Waals surface area contributed by atoms with Gasteiger partial charge in [0.05, 0.1) is 0 Å². The molecule has 5 heteroatoms. The summed E-state index contributed by atoms with van der Waals surface area (Å²) in [5.41, 5.74) is 0.195. The Kier molecular flexibility index (Phi) is 4.48. The van der Waals surface area contributed by atoms with Gasteiger partial charge in [0.15, 0.2) is 0 Å². The molecule has 0 bridgehead atoms. The summed E-state index contributed by atoms with van der Waals surface area (Å²) in [6, 6.07) is 12.6. The van der Waals surface area contributed by atoms with Gasteiger partial charge in [-0.25, -0.2) is 9.18 Å². The highest BCUT2D eigenvalue weighted by molar-refractivity contribution is 6.30. The number of nitrogens with one attached hydrogen (secondary N) is 1. The average Bonchev–Trinajstić information content (AvgIpc) is 2.44. The highest BCUT2D eigenvalue weighted by Crippen LogP contribution is 2.22. The van der Waals surface area contributed by atoms with E-state index in [1.165, 1.54) is 12.1 Å². The number of hydrogen-bond acceptors (Lipinski definition) is 2. The summed E-state index contributed by atoms with van der Waals surface area (Å²) in [6.07, 6.45) is 0.227. The van der Waals surface area contributed by atoms with Gasteiger partial charge in [-0.15, -0.1) is 0 Å². The number of rotatable bonds is 5. The van der Waals surface area contributed by atoms with Gasteiger partial charge in [0.1, 0.15) is 11.4 Å². The molecule has 2 N–H and O–H groups in total. The molecule has 2 aromatic rings. The van der Waals surface area contributed by atoms with E-state index in [-0.39, 0.29) is 12.2 Å². The van der Waals surface area contributed by atoms with E-state index >= 15 is 0 Å². The summed E-state index contributed by atoms with van der Waals surface area (Å²) in [4.78, 5) is 11.6. The van der Waals surface area contributed by atoms with E-state index in [0.29, 0.717) is 10.7 Å². The number of halogens is 2. The lowest BCUT2D eigenvalue weighted by Gasteiger charge is -2.27. The predicted molar refractivity (Wildman–Crippen MR) is 81.2 cm³/mol. The second-order valence-electron chi connectivity index (χ2n) is 5.07. The van der Waals surface area contributed by atoms with Crippen molar-refractivity contribution in [2.24, 2.45) is 0 Å². The van der Waals surface area contributed by atoms with Crippen LogP contribution >= 0.6 is 11.6 Å². The number of aliphatic carboxylic acids is 1. The molecule has 0 aliphatic carbocycles. The summed E-state index contributed by atoms with van der Waals surface area (Å²) < 4.78 is 12.9. The van der Waals surface area contributed by atoms with Gasteiger partial charge in [0.2, 0.25) is 0 Å². The summed E-state index contributed by atoms with van der Waals surface area (Å²) in [5.74, 6) is -1.33. The van der Waals surface area contributed by atoms with Gasteiger partial charge in [0, 0.05) is 17.1 Å². The molecular formula is C16H15ClFNO2. The molecular weight excluding hydrogens is 293 g/mol. The Labute approximate surface area is 127 Å². The molecule has 0 aliphatic rings. The van der Waals surface area contributed by atoms with Crippen LogP contribution in [0.25, 0.3) is 0 Å². The number of carboxylic acid groups (broad SMARTS) is 1. The maximum absolute atomic E-state index is 12.9. The molecule has 0 radical (unpaired) electrons.